The number of hydrogen-bond donors (Lipinski definition) is 2. The van der Waals surface area contributed by atoms with Crippen molar-refractivity contribution in [1.29, 1.82) is 0 Å². The highest BCUT2D eigenvalue weighted by atomic mass is 35.5. The number of aryl methyl sites for hydroxylation is 1. The molecule has 2 aromatic carbocycles. The normalized spacial score (nSPS) is 16.8. The number of rotatable bonds is 7. The Balaban J connectivity index is 1.48. The molecule has 1 fully saturated rings. The van der Waals surface area contributed by atoms with Gasteiger partial charge in [0.25, 0.3) is 5.91 Å². The monoisotopic (exact) mass is 495 g/mol. The van der Waals surface area contributed by atoms with Crippen LogP contribution in [0.25, 0.3) is 10.9 Å². The molecular formula is C27H30ClN3O4. The zero-order chi connectivity index (χ0) is 25.0. The Morgan fingerprint density at radius 1 is 1.11 bits per heavy atom. The predicted molar refractivity (Wildman–Crippen MR) is 135 cm³/mol. The standard InChI is InChI=1S/C27H30ClN3O4/c1-26(2,35)24(33)29-16-27(17-29)21-7-3-4-8-23(21)31(25(27)34)15-20-14-18-13-19(28)9-10-22(18)30(20)11-5-6-12-32/h3-4,7-10,13-14,32,35H,5-6,11-12,15-17H2,1-2H3. The van der Waals surface area contributed by atoms with Crippen molar-refractivity contribution >= 4 is 40.0 Å². The molecule has 5 rings (SSSR count). The minimum atomic E-state index is -1.47. The second kappa shape index (κ2) is 8.66. The van der Waals surface area contributed by atoms with Crippen LogP contribution in [0.15, 0.2) is 48.5 Å². The maximum absolute atomic E-state index is 13.9. The van der Waals surface area contributed by atoms with Crippen LogP contribution in [0.4, 0.5) is 5.69 Å². The molecule has 0 aliphatic carbocycles. The van der Waals surface area contributed by atoms with Gasteiger partial charge in [-0.25, -0.2) is 0 Å². The van der Waals surface area contributed by atoms with E-state index in [0.717, 1.165) is 40.8 Å². The number of carbonyl (C=O) groups is 2. The maximum Gasteiger partial charge on any atom is 0.254 e. The van der Waals surface area contributed by atoms with Crippen molar-refractivity contribution in [1.82, 2.24) is 9.47 Å². The molecule has 0 atom stereocenters. The minimum Gasteiger partial charge on any atom is -0.396 e. The van der Waals surface area contributed by atoms with E-state index in [1.54, 1.807) is 4.90 Å². The number of unbranched alkanes of at least 4 members (excludes halogenated alkanes) is 1. The van der Waals surface area contributed by atoms with Crippen molar-refractivity contribution in [3.8, 4) is 0 Å². The van der Waals surface area contributed by atoms with E-state index in [0.29, 0.717) is 18.0 Å². The molecule has 2 N–H and O–H groups in total. The van der Waals surface area contributed by atoms with Crippen molar-refractivity contribution in [2.75, 3.05) is 24.6 Å². The van der Waals surface area contributed by atoms with Crippen molar-refractivity contribution in [2.24, 2.45) is 0 Å². The highest BCUT2D eigenvalue weighted by molar-refractivity contribution is 6.31. The second-order valence-corrected chi connectivity index (χ2v) is 10.6. The Morgan fingerprint density at radius 2 is 1.86 bits per heavy atom. The minimum absolute atomic E-state index is 0.0244. The highest BCUT2D eigenvalue weighted by Gasteiger charge is 2.60. The van der Waals surface area contributed by atoms with Gasteiger partial charge in [-0.2, -0.15) is 0 Å². The molecule has 7 nitrogen and oxygen atoms in total. The van der Waals surface area contributed by atoms with Crippen molar-refractivity contribution < 1.29 is 19.8 Å². The van der Waals surface area contributed by atoms with E-state index in [1.165, 1.54) is 13.8 Å². The van der Waals surface area contributed by atoms with Gasteiger partial charge in [0.15, 0.2) is 0 Å². The number of hydrogen-bond acceptors (Lipinski definition) is 4. The molecule has 1 spiro atoms. The summed E-state index contributed by atoms with van der Waals surface area (Å²) in [6.45, 7) is 4.72. The van der Waals surface area contributed by atoms with Crippen molar-refractivity contribution in [2.45, 2.75) is 50.8 Å². The number of aliphatic hydroxyl groups is 2. The van der Waals surface area contributed by atoms with Crippen LogP contribution < -0.4 is 4.90 Å². The number of halogens is 1. The molecule has 0 bridgehead atoms. The first-order valence-electron chi connectivity index (χ1n) is 12.0. The highest BCUT2D eigenvalue weighted by Crippen LogP contribution is 2.48. The summed E-state index contributed by atoms with van der Waals surface area (Å²) in [5, 5.41) is 21.1. The molecular weight excluding hydrogens is 466 g/mol. The van der Waals surface area contributed by atoms with E-state index >= 15 is 0 Å². The van der Waals surface area contributed by atoms with Crippen molar-refractivity contribution in [3.63, 3.8) is 0 Å². The molecule has 2 amide bonds. The molecule has 0 saturated carbocycles. The van der Waals surface area contributed by atoms with Crippen molar-refractivity contribution in [3.05, 3.63) is 64.8 Å². The molecule has 2 aliphatic rings. The SMILES string of the molecule is CC(C)(O)C(=O)N1CC2(C1)C(=O)N(Cc1cc3cc(Cl)ccc3n1CCCCO)c1ccccc12. The van der Waals surface area contributed by atoms with Gasteiger partial charge in [-0.05, 0) is 62.6 Å². The summed E-state index contributed by atoms with van der Waals surface area (Å²) < 4.78 is 2.20. The molecule has 0 radical (unpaired) electrons. The van der Waals surface area contributed by atoms with Crippen LogP contribution in [0.2, 0.25) is 5.02 Å². The van der Waals surface area contributed by atoms with Crippen LogP contribution in [0.1, 0.15) is 37.9 Å². The largest absolute Gasteiger partial charge is 0.396 e. The Morgan fingerprint density at radius 3 is 2.57 bits per heavy atom. The van der Waals surface area contributed by atoms with Crippen LogP contribution in [-0.4, -0.2) is 56.8 Å². The van der Waals surface area contributed by atoms with Gasteiger partial charge in [0.2, 0.25) is 5.91 Å². The number of para-hydroxylation sites is 1. The van der Waals surface area contributed by atoms with E-state index in [4.69, 9.17) is 11.6 Å². The first-order valence-corrected chi connectivity index (χ1v) is 12.4. The predicted octanol–water partition coefficient (Wildman–Crippen LogP) is 3.46. The fourth-order valence-electron chi connectivity index (χ4n) is 5.43. The quantitative estimate of drug-likeness (QED) is 0.491. The lowest BCUT2D eigenvalue weighted by atomic mass is 9.74. The topological polar surface area (TPSA) is 86.0 Å². The van der Waals surface area contributed by atoms with Crippen LogP contribution in [0.3, 0.4) is 0 Å². The Bertz CT molecular complexity index is 1300. The summed E-state index contributed by atoms with van der Waals surface area (Å²) >= 11 is 6.25. The number of benzene rings is 2. The summed E-state index contributed by atoms with van der Waals surface area (Å²) in [7, 11) is 0. The molecule has 35 heavy (non-hydrogen) atoms. The molecule has 3 heterocycles. The smallest absolute Gasteiger partial charge is 0.254 e. The molecule has 8 heteroatoms. The van der Waals surface area contributed by atoms with Crippen LogP contribution in [0, 0.1) is 0 Å². The fraction of sp³-hybridized carbons (Fsp3) is 0.407. The number of nitrogens with zero attached hydrogens (tertiary/aromatic N) is 3. The first-order chi connectivity index (χ1) is 16.7. The fourth-order valence-corrected chi connectivity index (χ4v) is 5.61. The number of carbonyl (C=O) groups excluding carboxylic acids is 2. The Hall–Kier alpha value is -2.87. The van der Waals surface area contributed by atoms with Gasteiger partial charge in [0, 0.05) is 53.5 Å². The summed E-state index contributed by atoms with van der Waals surface area (Å²) in [6, 6.07) is 15.6. The van der Waals surface area contributed by atoms with Gasteiger partial charge in [-0.15, -0.1) is 0 Å². The van der Waals surface area contributed by atoms with Gasteiger partial charge in [0.1, 0.15) is 11.0 Å². The third kappa shape index (κ3) is 3.92. The number of anilines is 1. The molecule has 1 aromatic heterocycles. The molecule has 2 aliphatic heterocycles. The van der Waals surface area contributed by atoms with Gasteiger partial charge in [-0.3, -0.25) is 9.59 Å². The average molecular weight is 496 g/mol. The van der Waals surface area contributed by atoms with Gasteiger partial charge in [0.05, 0.1) is 6.54 Å². The number of aromatic nitrogens is 1. The summed E-state index contributed by atoms with van der Waals surface area (Å²) in [4.78, 5) is 29.9. The summed E-state index contributed by atoms with van der Waals surface area (Å²) in [5.41, 5.74) is 1.56. The van der Waals surface area contributed by atoms with E-state index in [1.807, 2.05) is 47.4 Å². The Kier molecular flexibility index (Phi) is 5.90. The van der Waals surface area contributed by atoms with E-state index in [2.05, 4.69) is 10.6 Å². The van der Waals surface area contributed by atoms with E-state index < -0.39 is 11.0 Å². The Labute approximate surface area is 209 Å². The molecule has 0 unspecified atom stereocenters. The lowest BCUT2D eigenvalue weighted by molar-refractivity contribution is -0.158. The summed E-state index contributed by atoms with van der Waals surface area (Å²) in [6.07, 6.45) is 1.52. The average Bonchev–Trinajstić information content (AvgIpc) is 3.24. The first kappa shape index (κ1) is 23.9. The molecule has 3 aromatic rings. The molecule has 184 valence electrons. The third-order valence-corrected chi connectivity index (χ3v) is 7.39. The van der Waals surface area contributed by atoms with Crippen LogP contribution in [-0.2, 0) is 28.1 Å². The maximum atomic E-state index is 13.9. The number of likely N-dealkylation sites (tertiary alicyclic amines) is 1. The summed E-state index contributed by atoms with van der Waals surface area (Å²) in [5.74, 6) is -0.392. The second-order valence-electron chi connectivity index (χ2n) is 10.1. The molecule has 1 saturated heterocycles. The number of amides is 2. The zero-order valence-corrected chi connectivity index (χ0v) is 20.8. The zero-order valence-electron chi connectivity index (χ0n) is 20.0. The lowest BCUT2D eigenvalue weighted by Gasteiger charge is -2.48. The van der Waals surface area contributed by atoms with Gasteiger partial charge in [-0.1, -0.05) is 29.8 Å². The van der Waals surface area contributed by atoms with Crippen LogP contribution in [0.5, 0.6) is 0 Å². The number of fused-ring (bicyclic) bond motifs is 3. The van der Waals surface area contributed by atoms with E-state index in [9.17, 15) is 19.8 Å². The van der Waals surface area contributed by atoms with Gasteiger partial charge >= 0.3 is 0 Å². The van der Waals surface area contributed by atoms with Gasteiger partial charge < -0.3 is 24.6 Å². The third-order valence-electron chi connectivity index (χ3n) is 7.16. The van der Waals surface area contributed by atoms with Crippen LogP contribution >= 0.6 is 11.6 Å². The number of aliphatic hydroxyl groups excluding tert-OH is 1. The lowest BCUT2D eigenvalue weighted by Crippen LogP contribution is -2.67. The van der Waals surface area contributed by atoms with E-state index in [-0.39, 0.29) is 31.5 Å².